The van der Waals surface area contributed by atoms with E-state index in [-0.39, 0.29) is 30.3 Å². The van der Waals surface area contributed by atoms with Crippen molar-refractivity contribution in [3.63, 3.8) is 0 Å². The third-order valence-electron chi connectivity index (χ3n) is 3.50. The molecule has 0 radical (unpaired) electrons. The molecule has 3 rings (SSSR count). The molecule has 0 bridgehead atoms. The third kappa shape index (κ3) is 4.63. The van der Waals surface area contributed by atoms with Crippen molar-refractivity contribution >= 4 is 23.6 Å². The van der Waals surface area contributed by atoms with Crippen LogP contribution in [0.4, 0.5) is 5.69 Å². The maximum absolute atomic E-state index is 11.7. The van der Waals surface area contributed by atoms with Crippen molar-refractivity contribution in [3.8, 4) is 11.5 Å². The zero-order valence-corrected chi connectivity index (χ0v) is 13.9. The second-order valence-electron chi connectivity index (χ2n) is 5.32. The number of carbonyl (C=O) groups is 2. The minimum absolute atomic E-state index is 0.0329. The highest BCUT2D eigenvalue weighted by atomic mass is 16.7. The van der Waals surface area contributed by atoms with Gasteiger partial charge in [-0.2, -0.15) is 0 Å². The average Bonchev–Trinajstić information content (AvgIpc) is 3.33. The molecule has 1 aliphatic heterocycles. The summed E-state index contributed by atoms with van der Waals surface area (Å²) >= 11 is 0. The third-order valence-corrected chi connectivity index (χ3v) is 3.50. The molecule has 0 aliphatic carbocycles. The second-order valence-corrected chi connectivity index (χ2v) is 5.32. The van der Waals surface area contributed by atoms with Gasteiger partial charge >= 0.3 is 5.97 Å². The molecular formula is C17H14N2O8. The maximum Gasteiger partial charge on any atom is 0.331 e. The molecular weight excluding hydrogens is 360 g/mol. The number of carbonyl (C=O) groups excluding carboxylic acids is 2. The molecule has 0 unspecified atom stereocenters. The van der Waals surface area contributed by atoms with Gasteiger partial charge in [0, 0.05) is 6.08 Å². The lowest BCUT2D eigenvalue weighted by Gasteiger charge is -2.04. The molecule has 1 amide bonds. The predicted octanol–water partition coefficient (Wildman–Crippen LogP) is 1.79. The SMILES string of the molecule is O=C(COC(=O)/C=C/c1cc2c(cc1[N+](=O)[O-])OCO2)NCc1ccco1. The van der Waals surface area contributed by atoms with Crippen molar-refractivity contribution in [2.24, 2.45) is 0 Å². The van der Waals surface area contributed by atoms with Gasteiger partial charge in [0.15, 0.2) is 18.1 Å². The number of nitrogens with zero attached hydrogens (tertiary/aromatic N) is 1. The molecule has 1 aliphatic rings. The normalized spacial score (nSPS) is 12.1. The molecule has 2 aromatic rings. The first-order valence-electron chi connectivity index (χ1n) is 7.75. The van der Waals surface area contributed by atoms with E-state index in [2.05, 4.69) is 5.32 Å². The van der Waals surface area contributed by atoms with E-state index in [4.69, 9.17) is 18.6 Å². The fourth-order valence-corrected chi connectivity index (χ4v) is 2.23. The summed E-state index contributed by atoms with van der Waals surface area (Å²) in [5, 5.41) is 13.7. The Morgan fingerprint density at radius 1 is 1.30 bits per heavy atom. The number of nitro groups is 1. The fourth-order valence-electron chi connectivity index (χ4n) is 2.23. The molecule has 10 nitrogen and oxygen atoms in total. The Bertz CT molecular complexity index is 889. The number of nitro benzene ring substituents is 1. The van der Waals surface area contributed by atoms with Crippen molar-refractivity contribution in [1.29, 1.82) is 0 Å². The van der Waals surface area contributed by atoms with Gasteiger partial charge in [-0.1, -0.05) is 0 Å². The second kappa shape index (κ2) is 8.04. The molecule has 140 valence electrons. The van der Waals surface area contributed by atoms with Crippen molar-refractivity contribution < 1.29 is 33.1 Å². The predicted molar refractivity (Wildman–Crippen MR) is 89.8 cm³/mol. The summed E-state index contributed by atoms with van der Waals surface area (Å²) < 4.78 is 20.1. The van der Waals surface area contributed by atoms with Gasteiger partial charge in [0.1, 0.15) is 5.76 Å². The van der Waals surface area contributed by atoms with Crippen LogP contribution >= 0.6 is 0 Å². The van der Waals surface area contributed by atoms with Crippen molar-refractivity contribution in [3.05, 3.63) is 58.0 Å². The molecule has 0 saturated carbocycles. The number of ether oxygens (including phenoxy) is 3. The number of amides is 1. The fraction of sp³-hybridized carbons (Fsp3) is 0.176. The lowest BCUT2D eigenvalue weighted by Crippen LogP contribution is -2.27. The Morgan fingerprint density at radius 3 is 2.78 bits per heavy atom. The maximum atomic E-state index is 11.7. The molecule has 0 atom stereocenters. The first-order valence-corrected chi connectivity index (χ1v) is 7.75. The van der Waals surface area contributed by atoms with E-state index in [0.29, 0.717) is 11.5 Å². The summed E-state index contributed by atoms with van der Waals surface area (Å²) in [6, 6.07) is 5.98. The Labute approximate surface area is 152 Å². The standard InChI is InChI=1S/C17H14N2O8/c20-16(18-8-12-2-1-5-24-12)9-25-17(21)4-3-11-6-14-15(27-10-26-14)7-13(11)19(22)23/h1-7H,8-10H2,(H,18,20)/b4-3+. The van der Waals surface area contributed by atoms with Gasteiger partial charge < -0.3 is 23.9 Å². The number of nitrogens with one attached hydrogen (secondary N) is 1. The highest BCUT2D eigenvalue weighted by Crippen LogP contribution is 2.38. The summed E-state index contributed by atoms with van der Waals surface area (Å²) in [7, 11) is 0. The van der Waals surface area contributed by atoms with Crippen LogP contribution in [0.2, 0.25) is 0 Å². The molecule has 0 spiro atoms. The minimum atomic E-state index is -0.824. The van der Waals surface area contributed by atoms with Crippen molar-refractivity contribution in [2.75, 3.05) is 13.4 Å². The molecule has 1 aromatic carbocycles. The number of rotatable bonds is 7. The van der Waals surface area contributed by atoms with Crippen LogP contribution in [0.1, 0.15) is 11.3 Å². The monoisotopic (exact) mass is 374 g/mol. The van der Waals surface area contributed by atoms with Crippen LogP contribution in [0.5, 0.6) is 11.5 Å². The Balaban J connectivity index is 1.55. The number of hydrogen-bond acceptors (Lipinski definition) is 8. The quantitative estimate of drug-likeness (QED) is 0.336. The summed E-state index contributed by atoms with van der Waals surface area (Å²) in [5.41, 5.74) is -0.108. The molecule has 27 heavy (non-hydrogen) atoms. The van der Waals surface area contributed by atoms with Crippen LogP contribution in [0.3, 0.4) is 0 Å². The summed E-state index contributed by atoms with van der Waals surface area (Å²) in [5.74, 6) is -0.178. The van der Waals surface area contributed by atoms with Crippen LogP contribution in [-0.2, 0) is 20.9 Å². The average molecular weight is 374 g/mol. The smallest absolute Gasteiger partial charge is 0.331 e. The molecule has 0 saturated heterocycles. The molecule has 1 aromatic heterocycles. The molecule has 0 fully saturated rings. The number of fused-ring (bicyclic) bond motifs is 1. The molecule has 10 heteroatoms. The van der Waals surface area contributed by atoms with Crippen LogP contribution in [0.25, 0.3) is 6.08 Å². The molecule has 2 heterocycles. The van der Waals surface area contributed by atoms with E-state index in [0.717, 1.165) is 6.08 Å². The number of esters is 1. The first-order chi connectivity index (χ1) is 13.0. The highest BCUT2D eigenvalue weighted by molar-refractivity contribution is 5.90. The van der Waals surface area contributed by atoms with Gasteiger partial charge in [0.2, 0.25) is 6.79 Å². The lowest BCUT2D eigenvalue weighted by atomic mass is 10.1. The van der Waals surface area contributed by atoms with Crippen molar-refractivity contribution in [1.82, 2.24) is 5.32 Å². The number of hydrogen-bond donors (Lipinski definition) is 1. The van der Waals surface area contributed by atoms with E-state index in [9.17, 15) is 19.7 Å². The first kappa shape index (κ1) is 18.0. The number of benzene rings is 1. The zero-order chi connectivity index (χ0) is 19.2. The van der Waals surface area contributed by atoms with E-state index >= 15 is 0 Å². The Hall–Kier alpha value is -3.82. The van der Waals surface area contributed by atoms with Crippen LogP contribution in [0.15, 0.2) is 41.0 Å². The topological polar surface area (TPSA) is 130 Å². The van der Waals surface area contributed by atoms with E-state index in [1.54, 1.807) is 12.1 Å². The van der Waals surface area contributed by atoms with Gasteiger partial charge in [-0.05, 0) is 24.3 Å². The molecule has 1 N–H and O–H groups in total. The van der Waals surface area contributed by atoms with Gasteiger partial charge in [0.25, 0.3) is 11.6 Å². The van der Waals surface area contributed by atoms with Crippen LogP contribution < -0.4 is 14.8 Å². The largest absolute Gasteiger partial charge is 0.467 e. The lowest BCUT2D eigenvalue weighted by molar-refractivity contribution is -0.385. The van der Waals surface area contributed by atoms with Gasteiger partial charge in [-0.3, -0.25) is 14.9 Å². The van der Waals surface area contributed by atoms with E-state index in [1.807, 2.05) is 0 Å². The zero-order valence-electron chi connectivity index (χ0n) is 13.9. The summed E-state index contributed by atoms with van der Waals surface area (Å²) in [4.78, 5) is 33.9. The van der Waals surface area contributed by atoms with Gasteiger partial charge in [-0.25, -0.2) is 4.79 Å². The van der Waals surface area contributed by atoms with E-state index < -0.39 is 23.4 Å². The van der Waals surface area contributed by atoms with E-state index in [1.165, 1.54) is 24.5 Å². The van der Waals surface area contributed by atoms with Crippen LogP contribution in [0, 0.1) is 10.1 Å². The van der Waals surface area contributed by atoms with Gasteiger partial charge in [0.05, 0.1) is 29.4 Å². The Kier molecular flexibility index (Phi) is 5.36. The Morgan fingerprint density at radius 2 is 2.07 bits per heavy atom. The van der Waals surface area contributed by atoms with Crippen molar-refractivity contribution in [2.45, 2.75) is 6.54 Å². The van der Waals surface area contributed by atoms with Gasteiger partial charge in [-0.15, -0.1) is 0 Å². The summed E-state index contributed by atoms with van der Waals surface area (Å²) in [6.45, 7) is -0.357. The van der Waals surface area contributed by atoms with Crippen LogP contribution in [-0.4, -0.2) is 30.2 Å². The summed E-state index contributed by atoms with van der Waals surface area (Å²) in [6.07, 6.45) is 3.68. The highest BCUT2D eigenvalue weighted by Gasteiger charge is 2.22. The minimum Gasteiger partial charge on any atom is -0.467 e. The number of furan rings is 1.